The molecule has 15 heavy (non-hydrogen) atoms. The van der Waals surface area contributed by atoms with Crippen molar-refractivity contribution in [3.8, 4) is 0 Å². The predicted octanol–water partition coefficient (Wildman–Crippen LogP) is 1.83. The fourth-order valence-corrected chi connectivity index (χ4v) is 2.02. The van der Waals surface area contributed by atoms with Crippen LogP contribution in [0, 0.1) is 6.92 Å². The number of amides is 1. The Kier molecular flexibility index (Phi) is 4.78. The summed E-state index contributed by atoms with van der Waals surface area (Å²) in [6.07, 6.45) is 0.511. The molecule has 1 rings (SSSR count). The van der Waals surface area contributed by atoms with Gasteiger partial charge in [-0.1, -0.05) is 0 Å². The molecule has 0 fully saturated rings. The molecule has 0 radical (unpaired) electrons. The van der Waals surface area contributed by atoms with Crippen molar-refractivity contribution in [1.82, 2.24) is 5.32 Å². The lowest BCUT2D eigenvalue weighted by atomic mass is 10.2. The molecule has 1 atom stereocenters. The van der Waals surface area contributed by atoms with Gasteiger partial charge in [0, 0.05) is 16.2 Å². The van der Waals surface area contributed by atoms with E-state index in [0.717, 1.165) is 4.88 Å². The molecule has 0 spiro atoms. The van der Waals surface area contributed by atoms with Crippen LogP contribution in [0.3, 0.4) is 0 Å². The van der Waals surface area contributed by atoms with E-state index in [1.807, 2.05) is 19.1 Å². The van der Waals surface area contributed by atoms with E-state index >= 15 is 0 Å². The first kappa shape index (κ1) is 12.2. The maximum Gasteiger partial charge on any atom is 0.220 e. The molecule has 0 aliphatic carbocycles. The lowest BCUT2D eigenvalue weighted by molar-refractivity contribution is -0.121. The van der Waals surface area contributed by atoms with Gasteiger partial charge in [0.05, 0.1) is 12.6 Å². The summed E-state index contributed by atoms with van der Waals surface area (Å²) < 4.78 is 0. The van der Waals surface area contributed by atoms with Gasteiger partial charge in [0.25, 0.3) is 0 Å². The highest BCUT2D eigenvalue weighted by molar-refractivity contribution is 7.11. The second-order valence-corrected chi connectivity index (χ2v) is 5.05. The third-order valence-corrected chi connectivity index (χ3v) is 3.05. The molecule has 2 N–H and O–H groups in total. The SMILES string of the molecule is Cc1ccc(CNC(=O)CCC(C)O)s1. The summed E-state index contributed by atoms with van der Waals surface area (Å²) in [6, 6.07) is 4.07. The van der Waals surface area contributed by atoms with E-state index in [0.29, 0.717) is 19.4 Å². The Bertz CT molecular complexity index is 320. The Morgan fingerprint density at radius 2 is 2.33 bits per heavy atom. The molecular formula is C11H17NO2S. The van der Waals surface area contributed by atoms with Crippen LogP contribution >= 0.6 is 11.3 Å². The molecule has 84 valence electrons. The summed E-state index contributed by atoms with van der Waals surface area (Å²) >= 11 is 1.69. The molecule has 1 heterocycles. The maximum atomic E-state index is 11.3. The molecule has 0 aliphatic heterocycles. The van der Waals surface area contributed by atoms with Crippen molar-refractivity contribution >= 4 is 17.2 Å². The first-order valence-electron chi connectivity index (χ1n) is 5.08. The molecule has 0 aromatic carbocycles. The number of rotatable bonds is 5. The first-order chi connectivity index (χ1) is 7.08. The van der Waals surface area contributed by atoms with Crippen LogP contribution in [0.1, 0.15) is 29.5 Å². The molecule has 1 aromatic rings. The molecule has 3 nitrogen and oxygen atoms in total. The van der Waals surface area contributed by atoms with E-state index in [4.69, 9.17) is 5.11 Å². The molecule has 1 aromatic heterocycles. The smallest absolute Gasteiger partial charge is 0.220 e. The summed E-state index contributed by atoms with van der Waals surface area (Å²) in [5, 5.41) is 11.8. The number of carbonyl (C=O) groups is 1. The van der Waals surface area contributed by atoms with Crippen LogP contribution in [0.15, 0.2) is 12.1 Å². The fourth-order valence-electron chi connectivity index (χ4n) is 1.19. The molecule has 1 unspecified atom stereocenters. The van der Waals surface area contributed by atoms with Crippen LogP contribution in [0.25, 0.3) is 0 Å². The Hall–Kier alpha value is -0.870. The lowest BCUT2D eigenvalue weighted by Crippen LogP contribution is -2.23. The van der Waals surface area contributed by atoms with Crippen LogP contribution in [0.2, 0.25) is 0 Å². The quantitative estimate of drug-likeness (QED) is 0.806. The van der Waals surface area contributed by atoms with Crippen molar-refractivity contribution in [2.45, 2.75) is 39.3 Å². The highest BCUT2D eigenvalue weighted by atomic mass is 32.1. The number of aliphatic hydroxyl groups excluding tert-OH is 1. The van der Waals surface area contributed by atoms with E-state index in [1.165, 1.54) is 4.88 Å². The van der Waals surface area contributed by atoms with Gasteiger partial charge in [0.1, 0.15) is 0 Å². The predicted molar refractivity (Wildman–Crippen MR) is 61.8 cm³/mol. The topological polar surface area (TPSA) is 49.3 Å². The van der Waals surface area contributed by atoms with E-state index in [1.54, 1.807) is 18.3 Å². The summed E-state index contributed by atoms with van der Waals surface area (Å²) in [4.78, 5) is 13.7. The van der Waals surface area contributed by atoms with E-state index in [-0.39, 0.29) is 5.91 Å². The highest BCUT2D eigenvalue weighted by Gasteiger charge is 2.04. The number of hydrogen-bond donors (Lipinski definition) is 2. The summed E-state index contributed by atoms with van der Waals surface area (Å²) in [5.74, 6) is 0.00181. The fraction of sp³-hybridized carbons (Fsp3) is 0.545. The van der Waals surface area contributed by atoms with E-state index < -0.39 is 6.10 Å². The van der Waals surface area contributed by atoms with Crippen LogP contribution in [0.5, 0.6) is 0 Å². The first-order valence-corrected chi connectivity index (χ1v) is 5.89. The minimum absolute atomic E-state index is 0.00181. The van der Waals surface area contributed by atoms with Gasteiger partial charge in [-0.2, -0.15) is 0 Å². The van der Waals surface area contributed by atoms with Crippen molar-refractivity contribution in [2.24, 2.45) is 0 Å². The van der Waals surface area contributed by atoms with E-state index in [2.05, 4.69) is 5.32 Å². The molecule has 0 saturated carbocycles. The molecule has 0 bridgehead atoms. The number of aliphatic hydroxyl groups is 1. The number of aryl methyl sites for hydroxylation is 1. The van der Waals surface area contributed by atoms with Gasteiger partial charge < -0.3 is 10.4 Å². The average Bonchev–Trinajstić information content (AvgIpc) is 2.58. The normalized spacial score (nSPS) is 12.5. The van der Waals surface area contributed by atoms with Crippen LogP contribution in [-0.2, 0) is 11.3 Å². The monoisotopic (exact) mass is 227 g/mol. The molecule has 0 aliphatic rings. The summed E-state index contributed by atoms with van der Waals surface area (Å²) in [6.45, 7) is 4.33. The van der Waals surface area contributed by atoms with Crippen molar-refractivity contribution in [1.29, 1.82) is 0 Å². The zero-order valence-corrected chi connectivity index (χ0v) is 9.93. The van der Waals surface area contributed by atoms with Gasteiger partial charge in [0.15, 0.2) is 0 Å². The second-order valence-electron chi connectivity index (χ2n) is 3.68. The molecule has 4 heteroatoms. The third-order valence-electron chi connectivity index (χ3n) is 2.04. The van der Waals surface area contributed by atoms with Crippen LogP contribution in [0.4, 0.5) is 0 Å². The Balaban J connectivity index is 2.22. The van der Waals surface area contributed by atoms with Gasteiger partial charge in [0.2, 0.25) is 5.91 Å². The van der Waals surface area contributed by atoms with Gasteiger partial charge in [-0.15, -0.1) is 11.3 Å². The van der Waals surface area contributed by atoms with Crippen molar-refractivity contribution in [3.05, 3.63) is 21.9 Å². The number of hydrogen-bond acceptors (Lipinski definition) is 3. The summed E-state index contributed by atoms with van der Waals surface area (Å²) in [7, 11) is 0. The average molecular weight is 227 g/mol. The zero-order valence-electron chi connectivity index (χ0n) is 9.12. The van der Waals surface area contributed by atoms with Gasteiger partial charge in [-0.3, -0.25) is 4.79 Å². The number of carbonyl (C=O) groups excluding carboxylic acids is 1. The number of thiophene rings is 1. The Morgan fingerprint density at radius 1 is 1.60 bits per heavy atom. The molecule has 1 amide bonds. The maximum absolute atomic E-state index is 11.3. The number of nitrogens with one attached hydrogen (secondary N) is 1. The largest absolute Gasteiger partial charge is 0.393 e. The van der Waals surface area contributed by atoms with Crippen LogP contribution < -0.4 is 5.32 Å². The minimum atomic E-state index is -0.403. The van der Waals surface area contributed by atoms with Gasteiger partial charge in [-0.05, 0) is 32.4 Å². The van der Waals surface area contributed by atoms with E-state index in [9.17, 15) is 4.79 Å². The van der Waals surface area contributed by atoms with Gasteiger partial charge in [-0.25, -0.2) is 0 Å². The summed E-state index contributed by atoms with van der Waals surface area (Å²) in [5.41, 5.74) is 0. The minimum Gasteiger partial charge on any atom is -0.393 e. The highest BCUT2D eigenvalue weighted by Crippen LogP contribution is 2.14. The Morgan fingerprint density at radius 3 is 2.87 bits per heavy atom. The van der Waals surface area contributed by atoms with Crippen LogP contribution in [-0.4, -0.2) is 17.1 Å². The zero-order chi connectivity index (χ0) is 11.3. The Labute approximate surface area is 94.1 Å². The molecule has 0 saturated heterocycles. The standard InChI is InChI=1S/C11H17NO2S/c1-8(13)3-6-11(14)12-7-10-5-4-9(2)15-10/h4-5,8,13H,3,6-7H2,1-2H3,(H,12,14). The molecular weight excluding hydrogens is 210 g/mol. The second kappa shape index (κ2) is 5.88. The third kappa shape index (κ3) is 4.95. The van der Waals surface area contributed by atoms with Crippen molar-refractivity contribution in [2.75, 3.05) is 0 Å². The van der Waals surface area contributed by atoms with Gasteiger partial charge >= 0.3 is 0 Å². The lowest BCUT2D eigenvalue weighted by Gasteiger charge is -2.04. The van der Waals surface area contributed by atoms with Crippen molar-refractivity contribution in [3.63, 3.8) is 0 Å². The van der Waals surface area contributed by atoms with Crippen molar-refractivity contribution < 1.29 is 9.90 Å².